The van der Waals surface area contributed by atoms with Crippen LogP contribution in [0.1, 0.15) is 47.3 Å². The Hall–Kier alpha value is -2.06. The highest BCUT2D eigenvalue weighted by Gasteiger charge is 2.36. The van der Waals surface area contributed by atoms with E-state index < -0.39 is 10.0 Å². The van der Waals surface area contributed by atoms with E-state index in [0.717, 1.165) is 12.8 Å². The van der Waals surface area contributed by atoms with Crippen molar-refractivity contribution < 1.29 is 17.6 Å². The highest BCUT2D eigenvalue weighted by atomic mass is 32.2. The molecule has 1 aliphatic rings. The van der Waals surface area contributed by atoms with Gasteiger partial charge in [-0.05, 0) is 44.7 Å². The van der Waals surface area contributed by atoms with Crippen LogP contribution in [0, 0.1) is 19.8 Å². The fourth-order valence-corrected chi connectivity index (χ4v) is 5.33. The third-order valence-electron chi connectivity index (χ3n) is 5.84. The molecular formula is C20H29N3O4S. The zero-order valence-electron chi connectivity index (χ0n) is 17.2. The van der Waals surface area contributed by atoms with Gasteiger partial charge in [0.25, 0.3) is 5.91 Å². The first-order valence-electron chi connectivity index (χ1n) is 9.58. The van der Waals surface area contributed by atoms with E-state index in [1.54, 1.807) is 42.5 Å². The number of nitrogens with zero attached hydrogens (tertiary/aromatic N) is 3. The Bertz CT molecular complexity index is 952. The van der Waals surface area contributed by atoms with Crippen molar-refractivity contribution in [3.63, 3.8) is 0 Å². The lowest BCUT2D eigenvalue weighted by Gasteiger charge is -2.30. The number of sulfonamides is 1. The molecule has 2 aromatic heterocycles. The molecule has 3 rings (SSSR count). The Kier molecular flexibility index (Phi) is 5.72. The Morgan fingerprint density at radius 2 is 1.89 bits per heavy atom. The van der Waals surface area contributed by atoms with Gasteiger partial charge < -0.3 is 13.9 Å². The quantitative estimate of drug-likeness (QED) is 0.764. The number of carbonyl (C=O) groups is 1. The van der Waals surface area contributed by atoms with Crippen molar-refractivity contribution in [2.75, 3.05) is 20.1 Å². The summed E-state index contributed by atoms with van der Waals surface area (Å²) in [4.78, 5) is 15.2. The molecular weight excluding hydrogens is 378 g/mol. The zero-order valence-corrected chi connectivity index (χ0v) is 18.0. The molecule has 0 atom stereocenters. The van der Waals surface area contributed by atoms with Crippen LogP contribution in [0.15, 0.2) is 27.7 Å². The highest BCUT2D eigenvalue weighted by molar-refractivity contribution is 7.89. The number of carbonyl (C=O) groups excluding carboxylic acids is 1. The van der Waals surface area contributed by atoms with E-state index in [0.29, 0.717) is 41.7 Å². The van der Waals surface area contributed by atoms with Crippen molar-refractivity contribution in [1.29, 1.82) is 0 Å². The highest BCUT2D eigenvalue weighted by Crippen LogP contribution is 2.31. The molecule has 0 aliphatic carbocycles. The second kappa shape index (κ2) is 7.75. The van der Waals surface area contributed by atoms with E-state index in [4.69, 9.17) is 4.42 Å². The normalized spacial score (nSPS) is 16.1. The second-order valence-corrected chi connectivity index (χ2v) is 9.73. The van der Waals surface area contributed by atoms with E-state index in [1.807, 2.05) is 0 Å². The predicted octanol–water partition coefficient (Wildman–Crippen LogP) is 2.93. The Labute approximate surface area is 167 Å². The number of furan rings is 1. The average Bonchev–Trinajstić information content (AvgIpc) is 3.24. The van der Waals surface area contributed by atoms with Gasteiger partial charge in [0.2, 0.25) is 10.0 Å². The molecule has 1 aliphatic heterocycles. The van der Waals surface area contributed by atoms with Crippen LogP contribution in [0.25, 0.3) is 0 Å². The fourth-order valence-electron chi connectivity index (χ4n) is 3.72. The fraction of sp³-hybridized carbons (Fsp3) is 0.550. The standard InChI is InChI=1S/C20H29N3O4S/c1-14-8-10-23(11-9-14)20(24)18-15(2)22(5)16(3)19(18)28(25,26)21(4)13-17-7-6-12-27-17/h6-7,12,14H,8-11,13H2,1-5H3. The smallest absolute Gasteiger partial charge is 0.257 e. The maximum Gasteiger partial charge on any atom is 0.257 e. The molecule has 1 saturated heterocycles. The topological polar surface area (TPSA) is 75.8 Å². The Balaban J connectivity index is 2.01. The molecule has 1 fully saturated rings. The average molecular weight is 408 g/mol. The minimum absolute atomic E-state index is 0.102. The van der Waals surface area contributed by atoms with Crippen LogP contribution in [0.4, 0.5) is 0 Å². The van der Waals surface area contributed by atoms with Gasteiger partial charge in [-0.15, -0.1) is 0 Å². The van der Waals surface area contributed by atoms with Crippen molar-refractivity contribution in [3.8, 4) is 0 Å². The van der Waals surface area contributed by atoms with E-state index >= 15 is 0 Å². The molecule has 0 bridgehead atoms. The maximum absolute atomic E-state index is 13.4. The first-order valence-corrected chi connectivity index (χ1v) is 11.0. The number of hydrogen-bond acceptors (Lipinski definition) is 4. The molecule has 8 heteroatoms. The minimum atomic E-state index is -3.87. The summed E-state index contributed by atoms with van der Waals surface area (Å²) in [5.41, 5.74) is 1.53. The Morgan fingerprint density at radius 1 is 1.25 bits per heavy atom. The summed E-state index contributed by atoms with van der Waals surface area (Å²) in [6.07, 6.45) is 3.40. The number of likely N-dealkylation sites (tertiary alicyclic amines) is 1. The van der Waals surface area contributed by atoms with Gasteiger partial charge in [-0.1, -0.05) is 6.92 Å². The molecule has 2 aromatic rings. The lowest BCUT2D eigenvalue weighted by molar-refractivity contribution is 0.0692. The number of rotatable bonds is 5. The van der Waals surface area contributed by atoms with E-state index in [-0.39, 0.29) is 17.3 Å². The van der Waals surface area contributed by atoms with Crippen molar-refractivity contribution in [1.82, 2.24) is 13.8 Å². The Morgan fingerprint density at radius 3 is 2.46 bits per heavy atom. The molecule has 0 saturated carbocycles. The number of amides is 1. The van der Waals surface area contributed by atoms with Crippen molar-refractivity contribution in [2.45, 2.75) is 45.1 Å². The number of aromatic nitrogens is 1. The van der Waals surface area contributed by atoms with E-state index in [1.165, 1.54) is 17.6 Å². The van der Waals surface area contributed by atoms with Gasteiger partial charge in [-0.2, -0.15) is 4.31 Å². The van der Waals surface area contributed by atoms with Gasteiger partial charge >= 0.3 is 0 Å². The largest absolute Gasteiger partial charge is 0.468 e. The molecule has 28 heavy (non-hydrogen) atoms. The summed E-state index contributed by atoms with van der Waals surface area (Å²) in [7, 11) is -0.560. The predicted molar refractivity (Wildman–Crippen MR) is 107 cm³/mol. The van der Waals surface area contributed by atoms with Gasteiger partial charge in [-0.25, -0.2) is 8.42 Å². The van der Waals surface area contributed by atoms with Gasteiger partial charge in [0.1, 0.15) is 10.7 Å². The monoisotopic (exact) mass is 407 g/mol. The molecule has 0 unspecified atom stereocenters. The first kappa shape index (κ1) is 20.7. The van der Waals surface area contributed by atoms with Crippen LogP contribution in [-0.2, 0) is 23.6 Å². The first-order chi connectivity index (χ1) is 13.1. The van der Waals surface area contributed by atoms with Gasteiger partial charge in [-0.3, -0.25) is 4.79 Å². The third kappa shape index (κ3) is 3.63. The molecule has 7 nitrogen and oxygen atoms in total. The SMILES string of the molecule is Cc1c(C(=O)N2CCC(C)CC2)c(S(=O)(=O)N(C)Cc2ccco2)c(C)n1C. The van der Waals surface area contributed by atoms with E-state index in [9.17, 15) is 13.2 Å². The van der Waals surface area contributed by atoms with Crippen LogP contribution < -0.4 is 0 Å². The zero-order chi connectivity index (χ0) is 20.6. The number of hydrogen-bond donors (Lipinski definition) is 0. The van der Waals surface area contributed by atoms with Crippen LogP contribution in [0.5, 0.6) is 0 Å². The maximum atomic E-state index is 13.4. The molecule has 0 radical (unpaired) electrons. The minimum Gasteiger partial charge on any atom is -0.468 e. The van der Waals surface area contributed by atoms with Crippen molar-refractivity contribution in [2.24, 2.45) is 13.0 Å². The van der Waals surface area contributed by atoms with Gasteiger partial charge in [0, 0.05) is 38.6 Å². The molecule has 0 aromatic carbocycles. The van der Waals surface area contributed by atoms with Crippen LogP contribution in [-0.4, -0.2) is 48.2 Å². The van der Waals surface area contributed by atoms with Crippen molar-refractivity contribution in [3.05, 3.63) is 41.1 Å². The summed E-state index contributed by atoms with van der Waals surface area (Å²) in [6, 6.07) is 3.45. The molecule has 154 valence electrons. The summed E-state index contributed by atoms with van der Waals surface area (Å²) >= 11 is 0. The summed E-state index contributed by atoms with van der Waals surface area (Å²) < 4.78 is 35.1. The molecule has 1 amide bonds. The molecule has 3 heterocycles. The summed E-state index contributed by atoms with van der Waals surface area (Å²) in [5, 5.41) is 0. The van der Waals surface area contributed by atoms with Gasteiger partial charge in [0.05, 0.1) is 18.4 Å². The third-order valence-corrected chi connectivity index (χ3v) is 7.80. The molecule has 0 N–H and O–H groups in total. The lowest BCUT2D eigenvalue weighted by Crippen LogP contribution is -2.39. The lowest BCUT2D eigenvalue weighted by atomic mass is 9.98. The van der Waals surface area contributed by atoms with Crippen molar-refractivity contribution >= 4 is 15.9 Å². The summed E-state index contributed by atoms with van der Waals surface area (Å²) in [6.45, 7) is 7.16. The summed E-state index contributed by atoms with van der Waals surface area (Å²) in [5.74, 6) is 0.942. The molecule has 0 spiro atoms. The number of piperidine rings is 1. The second-order valence-electron chi connectivity index (χ2n) is 7.75. The van der Waals surface area contributed by atoms with Crippen LogP contribution in [0.3, 0.4) is 0 Å². The van der Waals surface area contributed by atoms with Crippen LogP contribution >= 0.6 is 0 Å². The van der Waals surface area contributed by atoms with Crippen LogP contribution in [0.2, 0.25) is 0 Å². The van der Waals surface area contributed by atoms with E-state index in [2.05, 4.69) is 6.92 Å². The van der Waals surface area contributed by atoms with Gasteiger partial charge in [0.15, 0.2) is 0 Å².